The van der Waals surface area contributed by atoms with Crippen LogP contribution >= 0.6 is 23.1 Å². The molecule has 33 heavy (non-hydrogen) atoms. The Balaban J connectivity index is 1.68. The monoisotopic (exact) mass is 473 g/mol. The van der Waals surface area contributed by atoms with Gasteiger partial charge in [-0.1, -0.05) is 83.1 Å². The molecule has 5 nitrogen and oxygen atoms in total. The van der Waals surface area contributed by atoms with Crippen LogP contribution in [0.3, 0.4) is 0 Å². The molecule has 0 aliphatic carbocycles. The zero-order valence-electron chi connectivity index (χ0n) is 18.3. The third kappa shape index (κ3) is 5.50. The van der Waals surface area contributed by atoms with E-state index >= 15 is 0 Å². The largest absolute Gasteiger partial charge is 0.369 e. The van der Waals surface area contributed by atoms with Crippen LogP contribution in [0.5, 0.6) is 0 Å². The van der Waals surface area contributed by atoms with E-state index in [9.17, 15) is 9.59 Å². The number of primary amides is 1. The minimum atomic E-state index is -0.430. The summed E-state index contributed by atoms with van der Waals surface area (Å²) in [5.41, 5.74) is 11.0. The Hall–Kier alpha value is -3.42. The van der Waals surface area contributed by atoms with Crippen molar-refractivity contribution in [1.29, 1.82) is 0 Å². The van der Waals surface area contributed by atoms with Crippen LogP contribution in [0.2, 0.25) is 0 Å². The Kier molecular flexibility index (Phi) is 6.91. The van der Waals surface area contributed by atoms with Gasteiger partial charge in [-0.2, -0.15) is 0 Å². The number of carbonyl (C=O) groups is 2. The summed E-state index contributed by atoms with van der Waals surface area (Å²) < 4.78 is 0. The van der Waals surface area contributed by atoms with Crippen LogP contribution in [0, 0.1) is 13.8 Å². The van der Waals surface area contributed by atoms with Crippen molar-refractivity contribution in [2.75, 3.05) is 11.1 Å². The van der Waals surface area contributed by atoms with E-state index in [4.69, 9.17) is 10.7 Å². The second-order valence-electron chi connectivity index (χ2n) is 7.63. The fourth-order valence-electron chi connectivity index (χ4n) is 3.27. The maximum atomic E-state index is 13.1. The molecule has 3 aromatic carbocycles. The fourth-order valence-corrected chi connectivity index (χ4v) is 5.05. The molecular weight excluding hydrogens is 450 g/mol. The number of thiazole rings is 1. The van der Waals surface area contributed by atoms with Crippen molar-refractivity contribution in [2.24, 2.45) is 5.73 Å². The standard InChI is InChI=1S/C26H23N3O2S2/c1-16-7-11-18(12-8-16)23-24(19-13-9-17(2)10-14-19)33-26(28-23)29-25(31)20-5-3-4-6-21(20)32-15-22(27)30/h3-14H,15H2,1-2H3,(H2,27,30)(H,28,29,31). The van der Waals surface area contributed by atoms with Crippen molar-refractivity contribution < 1.29 is 9.59 Å². The molecule has 0 unspecified atom stereocenters. The van der Waals surface area contributed by atoms with Crippen molar-refractivity contribution in [3.8, 4) is 21.7 Å². The molecule has 4 aromatic rings. The average Bonchev–Trinajstić information content (AvgIpc) is 3.22. The molecule has 0 aliphatic heterocycles. The van der Waals surface area contributed by atoms with Gasteiger partial charge in [0, 0.05) is 10.5 Å². The molecule has 0 aliphatic rings. The first kappa shape index (κ1) is 22.8. The number of rotatable bonds is 7. The molecule has 0 bridgehead atoms. The van der Waals surface area contributed by atoms with Gasteiger partial charge in [-0.15, -0.1) is 11.8 Å². The van der Waals surface area contributed by atoms with E-state index in [0.717, 1.165) is 21.7 Å². The van der Waals surface area contributed by atoms with Crippen LogP contribution in [0.25, 0.3) is 21.7 Å². The van der Waals surface area contributed by atoms with Gasteiger partial charge in [0.05, 0.1) is 21.9 Å². The number of aryl methyl sites for hydroxylation is 2. The molecule has 7 heteroatoms. The van der Waals surface area contributed by atoms with E-state index in [1.54, 1.807) is 18.2 Å². The summed E-state index contributed by atoms with van der Waals surface area (Å²) in [7, 11) is 0. The van der Waals surface area contributed by atoms with Crippen molar-refractivity contribution in [3.63, 3.8) is 0 Å². The molecule has 4 rings (SSSR count). The average molecular weight is 474 g/mol. The molecule has 3 N–H and O–H groups in total. The first-order valence-electron chi connectivity index (χ1n) is 10.4. The van der Waals surface area contributed by atoms with Gasteiger partial charge in [-0.25, -0.2) is 4.98 Å². The minimum absolute atomic E-state index is 0.108. The number of hydrogen-bond donors (Lipinski definition) is 2. The molecule has 0 radical (unpaired) electrons. The SMILES string of the molecule is Cc1ccc(-c2nc(NC(=O)c3ccccc3SCC(N)=O)sc2-c2ccc(C)cc2)cc1. The number of benzene rings is 3. The second kappa shape index (κ2) is 10.0. The van der Waals surface area contributed by atoms with Gasteiger partial charge in [0.2, 0.25) is 5.91 Å². The number of nitrogens with two attached hydrogens (primary N) is 1. The summed E-state index contributed by atoms with van der Waals surface area (Å²) in [5, 5.41) is 3.46. The van der Waals surface area contributed by atoms with Crippen LogP contribution < -0.4 is 11.1 Å². The maximum Gasteiger partial charge on any atom is 0.258 e. The highest BCUT2D eigenvalue weighted by Gasteiger charge is 2.18. The Bertz CT molecular complexity index is 1230. The number of nitrogens with zero attached hydrogens (tertiary/aromatic N) is 1. The van der Waals surface area contributed by atoms with Crippen LogP contribution in [0.4, 0.5) is 5.13 Å². The molecule has 1 heterocycles. The number of anilines is 1. The van der Waals surface area contributed by atoms with Gasteiger partial charge in [-0.3, -0.25) is 14.9 Å². The quantitative estimate of drug-likeness (QED) is 0.326. The van der Waals surface area contributed by atoms with Crippen LogP contribution in [-0.2, 0) is 4.79 Å². The first-order valence-corrected chi connectivity index (χ1v) is 12.2. The third-order valence-corrected chi connectivity index (χ3v) is 7.10. The molecule has 2 amide bonds. The molecule has 0 fully saturated rings. The highest BCUT2D eigenvalue weighted by molar-refractivity contribution is 8.00. The van der Waals surface area contributed by atoms with E-state index < -0.39 is 5.91 Å². The second-order valence-corrected chi connectivity index (χ2v) is 9.65. The topological polar surface area (TPSA) is 85.1 Å². The number of amides is 2. The first-order chi connectivity index (χ1) is 15.9. The molecular formula is C26H23N3O2S2. The van der Waals surface area contributed by atoms with Gasteiger partial charge in [-0.05, 0) is 31.5 Å². The molecule has 1 aromatic heterocycles. The zero-order valence-corrected chi connectivity index (χ0v) is 19.9. The molecule has 0 saturated carbocycles. The van der Waals surface area contributed by atoms with E-state index in [2.05, 4.69) is 48.6 Å². The van der Waals surface area contributed by atoms with Gasteiger partial charge in [0.25, 0.3) is 5.91 Å². The number of hydrogen-bond acceptors (Lipinski definition) is 5. The highest BCUT2D eigenvalue weighted by Crippen LogP contribution is 2.39. The molecule has 166 valence electrons. The normalized spacial score (nSPS) is 10.7. The predicted molar refractivity (Wildman–Crippen MR) is 137 cm³/mol. The van der Waals surface area contributed by atoms with Gasteiger partial charge in [0.15, 0.2) is 5.13 Å². The Morgan fingerprint density at radius 2 is 1.52 bits per heavy atom. The van der Waals surface area contributed by atoms with Gasteiger partial charge >= 0.3 is 0 Å². The summed E-state index contributed by atoms with van der Waals surface area (Å²) >= 11 is 2.69. The van der Waals surface area contributed by atoms with E-state index in [0.29, 0.717) is 15.6 Å². The summed E-state index contributed by atoms with van der Waals surface area (Å²) in [6, 6.07) is 23.6. The van der Waals surface area contributed by atoms with Crippen molar-refractivity contribution in [3.05, 3.63) is 89.5 Å². The fraction of sp³-hybridized carbons (Fsp3) is 0.115. The Morgan fingerprint density at radius 1 is 0.909 bits per heavy atom. The van der Waals surface area contributed by atoms with Gasteiger partial charge < -0.3 is 5.73 Å². The summed E-state index contributed by atoms with van der Waals surface area (Å²) in [4.78, 5) is 30.7. The summed E-state index contributed by atoms with van der Waals surface area (Å²) in [6.45, 7) is 4.10. The van der Waals surface area contributed by atoms with E-state index in [1.807, 2.05) is 25.1 Å². The number of thioether (sulfide) groups is 1. The Morgan fingerprint density at radius 3 is 2.15 bits per heavy atom. The smallest absolute Gasteiger partial charge is 0.258 e. The number of nitrogens with one attached hydrogen (secondary N) is 1. The summed E-state index contributed by atoms with van der Waals surface area (Å²) in [5.74, 6) is -0.598. The van der Waals surface area contributed by atoms with Crippen molar-refractivity contribution >= 4 is 40.0 Å². The lowest BCUT2D eigenvalue weighted by molar-refractivity contribution is -0.115. The van der Waals surface area contributed by atoms with E-state index in [-0.39, 0.29) is 11.7 Å². The minimum Gasteiger partial charge on any atom is -0.369 e. The van der Waals surface area contributed by atoms with Crippen LogP contribution in [-0.4, -0.2) is 22.6 Å². The van der Waals surface area contributed by atoms with E-state index in [1.165, 1.54) is 34.2 Å². The number of aromatic nitrogens is 1. The lowest BCUT2D eigenvalue weighted by atomic mass is 10.0. The lowest BCUT2D eigenvalue weighted by Crippen LogP contribution is -2.15. The van der Waals surface area contributed by atoms with Crippen LogP contribution in [0.1, 0.15) is 21.5 Å². The van der Waals surface area contributed by atoms with Crippen molar-refractivity contribution in [2.45, 2.75) is 18.7 Å². The number of carbonyl (C=O) groups excluding carboxylic acids is 2. The molecule has 0 spiro atoms. The molecule has 0 saturated heterocycles. The third-order valence-electron chi connectivity index (χ3n) is 4.99. The highest BCUT2D eigenvalue weighted by atomic mass is 32.2. The van der Waals surface area contributed by atoms with Crippen LogP contribution in [0.15, 0.2) is 77.7 Å². The lowest BCUT2D eigenvalue weighted by Gasteiger charge is -2.07. The summed E-state index contributed by atoms with van der Waals surface area (Å²) in [6.07, 6.45) is 0. The molecule has 0 atom stereocenters. The zero-order chi connectivity index (χ0) is 23.4. The van der Waals surface area contributed by atoms with Crippen molar-refractivity contribution in [1.82, 2.24) is 4.98 Å². The Labute approximate surface area is 201 Å². The predicted octanol–water partition coefficient (Wildman–Crippen LogP) is 5.92. The van der Waals surface area contributed by atoms with Gasteiger partial charge in [0.1, 0.15) is 0 Å². The maximum absolute atomic E-state index is 13.1.